The fourth-order valence-electron chi connectivity index (χ4n) is 1.48. The molecule has 0 aliphatic rings. The van der Waals surface area contributed by atoms with E-state index in [0.717, 1.165) is 8.95 Å². The Morgan fingerprint density at radius 1 is 1.05 bits per heavy atom. The van der Waals surface area contributed by atoms with Crippen molar-refractivity contribution in [1.82, 2.24) is 0 Å². The number of nitrogens with one attached hydrogen (secondary N) is 1. The first-order chi connectivity index (χ1) is 8.99. The molecule has 0 saturated carbocycles. The number of para-hydroxylation sites is 1. The zero-order valence-electron chi connectivity index (χ0n) is 9.45. The lowest BCUT2D eigenvalue weighted by Crippen LogP contribution is -2.12. The number of anilines is 1. The standard InChI is InChI=1S/C13H8Br3NO2/c14-7-4-5-9(15)11(6-7)17-13(19)8-2-1-3-10(16)12(8)18/h1-6,18H,(H,17,19). The Balaban J connectivity index is 2.31. The van der Waals surface area contributed by atoms with Crippen molar-refractivity contribution in [3.05, 3.63) is 55.4 Å². The fourth-order valence-corrected chi connectivity index (χ4v) is 2.55. The van der Waals surface area contributed by atoms with E-state index in [0.29, 0.717) is 10.2 Å². The van der Waals surface area contributed by atoms with Crippen LogP contribution in [0, 0.1) is 0 Å². The summed E-state index contributed by atoms with van der Waals surface area (Å²) in [6, 6.07) is 10.4. The maximum Gasteiger partial charge on any atom is 0.259 e. The van der Waals surface area contributed by atoms with Gasteiger partial charge in [0.05, 0.1) is 15.7 Å². The molecule has 0 unspecified atom stereocenters. The number of hydrogen-bond acceptors (Lipinski definition) is 2. The Hall–Kier alpha value is -0.850. The van der Waals surface area contributed by atoms with Crippen LogP contribution in [0.2, 0.25) is 0 Å². The number of halogens is 3. The number of carbonyl (C=O) groups is 1. The summed E-state index contributed by atoms with van der Waals surface area (Å²) in [7, 11) is 0. The molecule has 0 saturated heterocycles. The Morgan fingerprint density at radius 3 is 2.53 bits per heavy atom. The Labute approximate surface area is 135 Å². The van der Waals surface area contributed by atoms with E-state index in [9.17, 15) is 9.90 Å². The van der Waals surface area contributed by atoms with Crippen molar-refractivity contribution in [2.75, 3.05) is 5.32 Å². The molecule has 0 heterocycles. The Bertz CT molecular complexity index is 644. The molecule has 2 aromatic rings. The molecule has 0 aliphatic carbocycles. The highest BCUT2D eigenvalue weighted by molar-refractivity contribution is 9.11. The van der Waals surface area contributed by atoms with Crippen molar-refractivity contribution in [3.8, 4) is 5.75 Å². The van der Waals surface area contributed by atoms with E-state index in [1.54, 1.807) is 24.3 Å². The molecule has 1 amide bonds. The number of aromatic hydroxyl groups is 1. The second-order valence-electron chi connectivity index (χ2n) is 3.71. The lowest BCUT2D eigenvalue weighted by atomic mass is 10.2. The highest BCUT2D eigenvalue weighted by Gasteiger charge is 2.14. The van der Waals surface area contributed by atoms with Crippen molar-refractivity contribution >= 4 is 59.4 Å². The van der Waals surface area contributed by atoms with Gasteiger partial charge in [-0.25, -0.2) is 0 Å². The van der Waals surface area contributed by atoms with Crippen LogP contribution >= 0.6 is 47.8 Å². The summed E-state index contributed by atoms with van der Waals surface area (Å²) >= 11 is 9.88. The molecular weight excluding hydrogens is 442 g/mol. The van der Waals surface area contributed by atoms with Gasteiger partial charge in [-0.2, -0.15) is 0 Å². The summed E-state index contributed by atoms with van der Waals surface area (Å²) in [6.07, 6.45) is 0. The third-order valence-corrected chi connectivity index (χ3v) is 4.23. The molecule has 3 nitrogen and oxygen atoms in total. The number of benzene rings is 2. The second kappa shape index (κ2) is 6.07. The van der Waals surface area contributed by atoms with Crippen LogP contribution in [0.5, 0.6) is 5.75 Å². The summed E-state index contributed by atoms with van der Waals surface area (Å²) in [5.41, 5.74) is 0.833. The molecule has 0 atom stereocenters. The monoisotopic (exact) mass is 447 g/mol. The van der Waals surface area contributed by atoms with Gasteiger partial charge in [0, 0.05) is 8.95 Å². The summed E-state index contributed by atoms with van der Waals surface area (Å²) in [4.78, 5) is 12.1. The van der Waals surface area contributed by atoms with Crippen molar-refractivity contribution in [2.45, 2.75) is 0 Å². The fraction of sp³-hybridized carbons (Fsp3) is 0. The molecule has 2 N–H and O–H groups in total. The highest BCUT2D eigenvalue weighted by atomic mass is 79.9. The number of carbonyl (C=O) groups excluding carboxylic acids is 1. The van der Waals surface area contributed by atoms with Gasteiger partial charge >= 0.3 is 0 Å². The summed E-state index contributed by atoms with van der Waals surface area (Å²) in [6.45, 7) is 0. The van der Waals surface area contributed by atoms with Crippen LogP contribution < -0.4 is 5.32 Å². The van der Waals surface area contributed by atoms with E-state index in [2.05, 4.69) is 53.1 Å². The van der Waals surface area contributed by atoms with Gasteiger partial charge in [-0.15, -0.1) is 0 Å². The second-order valence-corrected chi connectivity index (χ2v) is 6.34. The van der Waals surface area contributed by atoms with Crippen LogP contribution in [0.25, 0.3) is 0 Å². The molecule has 0 bridgehead atoms. The van der Waals surface area contributed by atoms with Crippen LogP contribution in [0.3, 0.4) is 0 Å². The molecule has 2 aromatic carbocycles. The van der Waals surface area contributed by atoms with Crippen molar-refractivity contribution in [3.63, 3.8) is 0 Å². The zero-order chi connectivity index (χ0) is 14.0. The van der Waals surface area contributed by atoms with Crippen molar-refractivity contribution in [2.24, 2.45) is 0 Å². The highest BCUT2D eigenvalue weighted by Crippen LogP contribution is 2.30. The molecule has 0 radical (unpaired) electrons. The van der Waals surface area contributed by atoms with Crippen LogP contribution in [0.4, 0.5) is 5.69 Å². The van der Waals surface area contributed by atoms with Crippen molar-refractivity contribution < 1.29 is 9.90 Å². The first-order valence-corrected chi connectivity index (χ1v) is 7.61. The summed E-state index contributed by atoms with van der Waals surface area (Å²) in [5.74, 6) is -0.455. The van der Waals surface area contributed by atoms with Crippen LogP contribution in [-0.2, 0) is 0 Å². The minimum Gasteiger partial charge on any atom is -0.506 e. The third kappa shape index (κ3) is 3.38. The van der Waals surface area contributed by atoms with Gasteiger partial charge in [0.2, 0.25) is 0 Å². The molecule has 0 spiro atoms. The summed E-state index contributed by atoms with van der Waals surface area (Å²) in [5, 5.41) is 12.6. The van der Waals surface area contributed by atoms with Crippen LogP contribution in [0.1, 0.15) is 10.4 Å². The van der Waals surface area contributed by atoms with Gasteiger partial charge in [0.15, 0.2) is 0 Å². The Morgan fingerprint density at radius 2 is 1.79 bits per heavy atom. The number of rotatable bonds is 2. The van der Waals surface area contributed by atoms with E-state index in [-0.39, 0.29) is 17.2 Å². The average Bonchev–Trinajstić information content (AvgIpc) is 2.37. The predicted molar refractivity (Wildman–Crippen MR) is 85.6 cm³/mol. The van der Waals surface area contributed by atoms with E-state index in [1.165, 1.54) is 0 Å². The van der Waals surface area contributed by atoms with Gasteiger partial charge in [-0.3, -0.25) is 4.79 Å². The van der Waals surface area contributed by atoms with Gasteiger partial charge in [-0.1, -0.05) is 22.0 Å². The summed E-state index contributed by atoms with van der Waals surface area (Å²) < 4.78 is 2.09. The maximum atomic E-state index is 12.1. The lowest BCUT2D eigenvalue weighted by Gasteiger charge is -2.09. The molecular formula is C13H8Br3NO2. The van der Waals surface area contributed by atoms with E-state index < -0.39 is 0 Å². The topological polar surface area (TPSA) is 49.3 Å². The first kappa shape index (κ1) is 14.6. The molecule has 2 rings (SSSR count). The lowest BCUT2D eigenvalue weighted by molar-refractivity contribution is 0.102. The normalized spacial score (nSPS) is 10.3. The molecule has 19 heavy (non-hydrogen) atoms. The molecule has 0 aliphatic heterocycles. The van der Waals surface area contributed by atoms with Gasteiger partial charge < -0.3 is 10.4 Å². The average molecular weight is 450 g/mol. The SMILES string of the molecule is O=C(Nc1cc(Br)ccc1Br)c1cccc(Br)c1O. The van der Waals surface area contributed by atoms with Gasteiger partial charge in [0.25, 0.3) is 5.91 Å². The van der Waals surface area contributed by atoms with E-state index >= 15 is 0 Å². The third-order valence-electron chi connectivity index (χ3n) is 2.41. The van der Waals surface area contributed by atoms with E-state index in [1.807, 2.05) is 12.1 Å². The molecule has 98 valence electrons. The predicted octanol–water partition coefficient (Wildman–Crippen LogP) is 4.93. The van der Waals surface area contributed by atoms with E-state index in [4.69, 9.17) is 0 Å². The minimum atomic E-state index is -0.377. The van der Waals surface area contributed by atoms with Crippen LogP contribution in [-0.4, -0.2) is 11.0 Å². The number of amides is 1. The van der Waals surface area contributed by atoms with Crippen LogP contribution in [0.15, 0.2) is 49.8 Å². The number of phenolic OH excluding ortho intramolecular Hbond substituents is 1. The Kier molecular flexibility index (Phi) is 4.65. The minimum absolute atomic E-state index is 0.0777. The maximum absolute atomic E-state index is 12.1. The quantitative estimate of drug-likeness (QED) is 0.682. The zero-order valence-corrected chi connectivity index (χ0v) is 14.2. The first-order valence-electron chi connectivity index (χ1n) is 5.23. The van der Waals surface area contributed by atoms with Gasteiger partial charge in [-0.05, 0) is 62.2 Å². The largest absolute Gasteiger partial charge is 0.506 e. The molecule has 6 heteroatoms. The smallest absolute Gasteiger partial charge is 0.259 e. The number of phenols is 1. The molecule has 0 aromatic heterocycles. The molecule has 0 fully saturated rings. The number of hydrogen-bond donors (Lipinski definition) is 2. The van der Waals surface area contributed by atoms with Gasteiger partial charge in [0.1, 0.15) is 5.75 Å². The van der Waals surface area contributed by atoms with Crippen molar-refractivity contribution in [1.29, 1.82) is 0 Å².